The van der Waals surface area contributed by atoms with Crippen LogP contribution < -0.4 is 5.73 Å². The first kappa shape index (κ1) is 12.4. The van der Waals surface area contributed by atoms with Crippen LogP contribution in [0.1, 0.15) is 0 Å². The highest BCUT2D eigenvalue weighted by Crippen LogP contribution is 2.30. The van der Waals surface area contributed by atoms with Gasteiger partial charge in [-0.2, -0.15) is 0 Å². The molecule has 0 bridgehead atoms. The lowest BCUT2D eigenvalue weighted by molar-refractivity contribution is 0.622. The molecule has 19 heavy (non-hydrogen) atoms. The summed E-state index contributed by atoms with van der Waals surface area (Å²) in [6, 6.07) is 10.2. The molecule has 0 unspecified atom stereocenters. The Bertz CT molecular complexity index is 785. The number of hydrogen-bond donors (Lipinski definition) is 1. The third-order valence-corrected chi connectivity index (χ3v) is 3.74. The molecule has 0 aliphatic carbocycles. The van der Waals surface area contributed by atoms with Crippen molar-refractivity contribution in [1.29, 1.82) is 0 Å². The Morgan fingerprint density at radius 3 is 2.74 bits per heavy atom. The van der Waals surface area contributed by atoms with Gasteiger partial charge in [-0.25, -0.2) is 9.37 Å². The van der Waals surface area contributed by atoms with E-state index in [9.17, 15) is 4.39 Å². The van der Waals surface area contributed by atoms with Gasteiger partial charge in [0.2, 0.25) is 5.95 Å². The number of benzene rings is 2. The van der Waals surface area contributed by atoms with Crippen molar-refractivity contribution in [2.45, 2.75) is 0 Å². The molecule has 3 rings (SSSR count). The van der Waals surface area contributed by atoms with Gasteiger partial charge in [-0.1, -0.05) is 23.7 Å². The number of halogens is 3. The Kier molecular flexibility index (Phi) is 2.95. The molecule has 3 nitrogen and oxygen atoms in total. The molecule has 0 amide bonds. The Hall–Kier alpha value is -1.59. The number of anilines is 1. The predicted molar refractivity (Wildman–Crippen MR) is 78.2 cm³/mol. The van der Waals surface area contributed by atoms with E-state index in [-0.39, 0.29) is 11.8 Å². The van der Waals surface area contributed by atoms with E-state index in [1.807, 2.05) is 12.1 Å². The Balaban J connectivity index is 2.38. The number of nitrogen functional groups attached to an aromatic ring is 1. The first-order valence-corrected chi connectivity index (χ1v) is 6.63. The molecule has 2 N–H and O–H groups in total. The van der Waals surface area contributed by atoms with Gasteiger partial charge >= 0.3 is 0 Å². The maximum Gasteiger partial charge on any atom is 0.205 e. The molecule has 2 aromatic carbocycles. The van der Waals surface area contributed by atoms with Crippen molar-refractivity contribution in [2.75, 3.05) is 5.73 Å². The highest BCUT2D eigenvalue weighted by molar-refractivity contribution is 9.10. The SMILES string of the molecule is Nc1nc2cc(Br)c(F)cc2n1-c1ccccc1Cl. The van der Waals surface area contributed by atoms with E-state index in [0.29, 0.717) is 26.2 Å². The molecule has 96 valence electrons. The molecule has 1 heterocycles. The first-order chi connectivity index (χ1) is 9.08. The Labute approximate surface area is 121 Å². The highest BCUT2D eigenvalue weighted by Gasteiger charge is 2.14. The summed E-state index contributed by atoms with van der Waals surface area (Å²) in [4.78, 5) is 4.22. The summed E-state index contributed by atoms with van der Waals surface area (Å²) in [5, 5.41) is 0.525. The molecule has 0 aliphatic heterocycles. The molecule has 0 atom stereocenters. The van der Waals surface area contributed by atoms with Gasteiger partial charge in [-0.05, 0) is 34.1 Å². The molecule has 1 aromatic heterocycles. The number of rotatable bonds is 1. The number of para-hydroxylation sites is 1. The van der Waals surface area contributed by atoms with Crippen LogP contribution in [0.2, 0.25) is 5.02 Å². The fourth-order valence-corrected chi connectivity index (χ4v) is 2.53. The molecule has 0 saturated heterocycles. The van der Waals surface area contributed by atoms with Gasteiger partial charge in [-0.15, -0.1) is 0 Å². The van der Waals surface area contributed by atoms with E-state index >= 15 is 0 Å². The van der Waals surface area contributed by atoms with Crippen LogP contribution in [0.3, 0.4) is 0 Å². The Morgan fingerprint density at radius 2 is 2.00 bits per heavy atom. The van der Waals surface area contributed by atoms with Gasteiger partial charge in [-0.3, -0.25) is 4.57 Å². The molecule has 3 aromatic rings. The van der Waals surface area contributed by atoms with Gasteiger partial charge < -0.3 is 5.73 Å². The fraction of sp³-hybridized carbons (Fsp3) is 0. The standard InChI is InChI=1S/C13H8BrClFN3/c14-7-5-10-12(6-9(7)16)19(13(17)18-10)11-4-2-1-3-8(11)15/h1-6H,(H2,17,18). The summed E-state index contributed by atoms with van der Waals surface area (Å²) in [6.45, 7) is 0. The number of aromatic nitrogens is 2. The lowest BCUT2D eigenvalue weighted by atomic mass is 10.2. The van der Waals surface area contributed by atoms with Crippen LogP contribution in [0.15, 0.2) is 40.9 Å². The van der Waals surface area contributed by atoms with Crippen molar-refractivity contribution in [1.82, 2.24) is 9.55 Å². The quantitative estimate of drug-likeness (QED) is 0.723. The molecule has 0 fully saturated rings. The monoisotopic (exact) mass is 339 g/mol. The highest BCUT2D eigenvalue weighted by atomic mass is 79.9. The normalized spacial score (nSPS) is 11.1. The summed E-state index contributed by atoms with van der Waals surface area (Å²) in [5.41, 5.74) is 7.76. The summed E-state index contributed by atoms with van der Waals surface area (Å²) in [5.74, 6) is -0.110. The van der Waals surface area contributed by atoms with Crippen LogP contribution >= 0.6 is 27.5 Å². The van der Waals surface area contributed by atoms with E-state index in [2.05, 4.69) is 20.9 Å². The van der Waals surface area contributed by atoms with Crippen LogP contribution in [-0.2, 0) is 0 Å². The third-order valence-electron chi connectivity index (χ3n) is 2.82. The van der Waals surface area contributed by atoms with Crippen LogP contribution in [0.25, 0.3) is 16.7 Å². The molecule has 0 radical (unpaired) electrons. The summed E-state index contributed by atoms with van der Waals surface area (Å²) >= 11 is 9.28. The number of nitrogens with two attached hydrogens (primary N) is 1. The smallest absolute Gasteiger partial charge is 0.205 e. The van der Waals surface area contributed by atoms with Gasteiger partial charge in [0, 0.05) is 6.07 Å². The van der Waals surface area contributed by atoms with Crippen molar-refractivity contribution >= 4 is 44.5 Å². The second-order valence-corrected chi connectivity index (χ2v) is 5.27. The minimum Gasteiger partial charge on any atom is -0.369 e. The minimum absolute atomic E-state index is 0.264. The molecular weight excluding hydrogens is 333 g/mol. The number of fused-ring (bicyclic) bond motifs is 1. The van der Waals surface area contributed by atoms with E-state index in [4.69, 9.17) is 17.3 Å². The molecule has 0 saturated carbocycles. The van der Waals surface area contributed by atoms with Crippen molar-refractivity contribution < 1.29 is 4.39 Å². The van der Waals surface area contributed by atoms with E-state index in [0.717, 1.165) is 0 Å². The zero-order valence-electron chi connectivity index (χ0n) is 9.57. The average molecular weight is 341 g/mol. The lowest BCUT2D eigenvalue weighted by Gasteiger charge is -2.08. The van der Waals surface area contributed by atoms with Crippen molar-refractivity contribution in [2.24, 2.45) is 0 Å². The second-order valence-electron chi connectivity index (χ2n) is 4.01. The first-order valence-electron chi connectivity index (χ1n) is 5.46. The van der Waals surface area contributed by atoms with Crippen molar-refractivity contribution in [3.63, 3.8) is 0 Å². The largest absolute Gasteiger partial charge is 0.369 e. The van der Waals surface area contributed by atoms with Crippen LogP contribution in [-0.4, -0.2) is 9.55 Å². The van der Waals surface area contributed by atoms with Gasteiger partial charge in [0.15, 0.2) is 0 Å². The summed E-state index contributed by atoms with van der Waals surface area (Å²) in [7, 11) is 0. The molecule has 0 spiro atoms. The van der Waals surface area contributed by atoms with Crippen molar-refractivity contribution in [3.05, 3.63) is 51.7 Å². The maximum atomic E-state index is 13.7. The number of imidazole rings is 1. The van der Waals surface area contributed by atoms with Crippen LogP contribution in [0.4, 0.5) is 10.3 Å². The molecular formula is C13H8BrClFN3. The zero-order chi connectivity index (χ0) is 13.6. The zero-order valence-corrected chi connectivity index (χ0v) is 11.9. The topological polar surface area (TPSA) is 43.8 Å². The van der Waals surface area contributed by atoms with Gasteiger partial charge in [0.1, 0.15) is 5.82 Å². The van der Waals surface area contributed by atoms with Gasteiger partial charge in [0.25, 0.3) is 0 Å². The maximum absolute atomic E-state index is 13.7. The minimum atomic E-state index is -0.374. The summed E-state index contributed by atoms with van der Waals surface area (Å²) in [6.07, 6.45) is 0. The Morgan fingerprint density at radius 1 is 1.26 bits per heavy atom. The summed E-state index contributed by atoms with van der Waals surface area (Å²) < 4.78 is 15.7. The predicted octanol–water partition coefficient (Wildman–Crippen LogP) is 4.16. The average Bonchev–Trinajstić information content (AvgIpc) is 2.66. The third kappa shape index (κ3) is 1.99. The van der Waals surface area contributed by atoms with Gasteiger partial charge in [0.05, 0.1) is 26.2 Å². The van der Waals surface area contributed by atoms with Crippen LogP contribution in [0.5, 0.6) is 0 Å². The van der Waals surface area contributed by atoms with Crippen LogP contribution in [0, 0.1) is 5.82 Å². The van der Waals surface area contributed by atoms with E-state index in [1.54, 1.807) is 22.8 Å². The molecule has 0 aliphatic rings. The lowest BCUT2D eigenvalue weighted by Crippen LogP contribution is -2.01. The molecule has 6 heteroatoms. The fourth-order valence-electron chi connectivity index (χ4n) is 1.98. The van der Waals surface area contributed by atoms with E-state index < -0.39 is 0 Å². The van der Waals surface area contributed by atoms with E-state index in [1.165, 1.54) is 6.07 Å². The number of hydrogen-bond acceptors (Lipinski definition) is 2. The number of nitrogens with zero attached hydrogens (tertiary/aromatic N) is 2. The second kappa shape index (κ2) is 4.51. The van der Waals surface area contributed by atoms with Crippen molar-refractivity contribution in [3.8, 4) is 5.69 Å².